The van der Waals surface area contributed by atoms with Gasteiger partial charge >= 0.3 is 0 Å². The SMILES string of the molecule is [CH2-]C=O.[Rf]. The van der Waals surface area contributed by atoms with Crippen LogP contribution in [0.4, 0.5) is 0 Å². The first-order valence-corrected chi connectivity index (χ1v) is 0.644. The number of hydrogen-bond acceptors (Lipinski definition) is 1. The molecule has 4 heavy (non-hydrogen) atoms. The monoisotopic (exact) mass is 310 g/mol. The van der Waals surface area contributed by atoms with Crippen molar-refractivity contribution in [3.8, 4) is 0 Å². The molecule has 0 bridgehead atoms. The van der Waals surface area contributed by atoms with E-state index in [1.807, 2.05) is 0 Å². The summed E-state index contributed by atoms with van der Waals surface area (Å²) in [5.74, 6) is 0. The van der Waals surface area contributed by atoms with E-state index >= 15 is 0 Å². The fourth-order valence-corrected chi connectivity index (χ4v) is 0. The Balaban J connectivity index is 0. The quantitative estimate of drug-likeness (QED) is 0.455. The molecular formula is C2H3ORf-. The Hall–Kier alpha value is -1.46. The van der Waals surface area contributed by atoms with Crippen LogP contribution in [-0.2, 0) is 4.79 Å². The molecule has 0 aliphatic rings. The number of rotatable bonds is 0. The Morgan fingerprint density at radius 1 is 1.75 bits per heavy atom. The summed E-state index contributed by atoms with van der Waals surface area (Å²) < 4.78 is 0. The van der Waals surface area contributed by atoms with Crippen LogP contribution in [0.5, 0.6) is 0 Å². The second kappa shape index (κ2) is 2.12. The summed E-state index contributed by atoms with van der Waals surface area (Å²) in [6, 6.07) is 0. The first-order valence-electron chi connectivity index (χ1n) is 0.644. The number of carbonyl (C=O) groups is 1. The Morgan fingerprint density at radius 3 is 1.75 bits per heavy atom. The Morgan fingerprint density at radius 2 is 1.75 bits per heavy atom. The van der Waals surface area contributed by atoms with Crippen molar-refractivity contribution in [1.82, 2.24) is 0 Å². The molecule has 1 nitrogen and oxygen atoms in total. The van der Waals surface area contributed by atoms with Crippen molar-refractivity contribution in [2.45, 2.75) is 0 Å². The third-order valence-corrected chi connectivity index (χ3v) is 0. The van der Waals surface area contributed by atoms with Crippen LogP contribution in [0.25, 0.3) is 0 Å². The summed E-state index contributed by atoms with van der Waals surface area (Å²) in [5.41, 5.74) is 0. The summed E-state index contributed by atoms with van der Waals surface area (Å²) in [7, 11) is 0. The van der Waals surface area contributed by atoms with E-state index in [0.717, 1.165) is 0 Å². The maximum absolute atomic E-state index is 8.69. The van der Waals surface area contributed by atoms with Gasteiger partial charge in [-0.3, -0.25) is 0 Å². The van der Waals surface area contributed by atoms with E-state index in [2.05, 4.69) is 6.92 Å². The molecule has 0 spiro atoms. The van der Waals surface area contributed by atoms with Crippen LogP contribution in [0.1, 0.15) is 0 Å². The molecule has 0 fully saturated rings. The van der Waals surface area contributed by atoms with Crippen LogP contribution in [-0.4, -0.2) is 6.29 Å². The molecule has 2 heteroatoms. The second-order valence-electron chi connectivity index (χ2n) is 0.167. The van der Waals surface area contributed by atoms with Crippen LogP contribution < -0.4 is 0 Å². The molecule has 0 aromatic carbocycles. The van der Waals surface area contributed by atoms with Gasteiger partial charge in [0, 0.05) is 0 Å². The van der Waals surface area contributed by atoms with Gasteiger partial charge in [-0.05, 0) is 6.29 Å². The molecule has 0 rings (SSSR count). The normalized spacial score (nSPS) is 3.00. The minimum Gasteiger partial charge on any atom is -0.343 e. The van der Waals surface area contributed by atoms with Gasteiger partial charge in [-0.1, -0.05) is 0 Å². The molecule has 0 aromatic rings. The van der Waals surface area contributed by atoms with E-state index in [9.17, 15) is 0 Å². The predicted molar refractivity (Wildman–Crippen MR) is 11.4 cm³/mol. The largest absolute Gasteiger partial charge is 0.343 e. The van der Waals surface area contributed by atoms with Gasteiger partial charge in [0.05, 0.1) is 0 Å². The molecule has 0 saturated carbocycles. The first-order chi connectivity index (χ1) is 1.41. The van der Waals surface area contributed by atoms with Gasteiger partial charge in [-0.25, -0.2) is 0 Å². The van der Waals surface area contributed by atoms with Crippen molar-refractivity contribution < 1.29 is 4.79 Å². The maximum atomic E-state index is 8.69. The van der Waals surface area contributed by atoms with Crippen LogP contribution >= 0.6 is 0 Å². The minimum absolute atomic E-state index is 0. The molecular weight excluding hydrogens is 307 g/mol. The Labute approximate surface area is 19.3 Å². The molecule has 0 aliphatic heterocycles. The fraction of sp³-hybridized carbons (Fsp3) is 0. The fourth-order valence-electron chi connectivity index (χ4n) is 0. The zero-order valence-corrected chi connectivity index (χ0v) is 8.80. The Kier molecular flexibility index (Phi) is 11.0. The second-order valence-corrected chi connectivity index (χ2v) is 0.167. The van der Waals surface area contributed by atoms with Gasteiger partial charge in [-0.15, -0.1) is 0 Å². The van der Waals surface area contributed by atoms with Crippen molar-refractivity contribution in [3.05, 3.63) is 6.92 Å². The summed E-state index contributed by atoms with van der Waals surface area (Å²) in [5, 5.41) is 0. The summed E-state index contributed by atoms with van der Waals surface area (Å²) >= 11 is 0. The van der Waals surface area contributed by atoms with Gasteiger partial charge < -0.3 is 11.7 Å². The van der Waals surface area contributed by atoms with Crippen molar-refractivity contribution in [2.24, 2.45) is 0 Å². The van der Waals surface area contributed by atoms with E-state index in [-0.39, 0.29) is 0 Å². The minimum atomic E-state index is 0. The molecule has 0 N–H and O–H groups in total. The molecule has 20 valence electrons. The smallest absolute Gasteiger partial charge is 0 e. The molecule has 0 saturated heterocycles. The molecule has 0 unspecified atom stereocenters. The van der Waals surface area contributed by atoms with Crippen LogP contribution in [0.15, 0.2) is 0 Å². The van der Waals surface area contributed by atoms with Gasteiger partial charge in [0.2, 0.25) is 0 Å². The Bertz CT molecular complexity index is 13.5. The van der Waals surface area contributed by atoms with E-state index in [0.29, 0.717) is 6.29 Å². The van der Waals surface area contributed by atoms with Crippen molar-refractivity contribution in [2.75, 3.05) is 0 Å². The van der Waals surface area contributed by atoms with E-state index in [1.165, 1.54) is 0 Å². The van der Waals surface area contributed by atoms with Crippen molar-refractivity contribution in [1.29, 1.82) is 0 Å². The van der Waals surface area contributed by atoms with Crippen LogP contribution in [0.2, 0.25) is 0 Å². The molecule has 0 aromatic heterocycles. The first kappa shape index (κ1) is 20.7. The van der Waals surface area contributed by atoms with E-state index < -0.39 is 0 Å². The molecule has 0 aliphatic carbocycles. The van der Waals surface area contributed by atoms with Crippen LogP contribution in [0.3, 0.4) is 0 Å². The summed E-state index contributed by atoms with van der Waals surface area (Å²) in [4.78, 5) is 8.69. The zero-order chi connectivity index (χ0) is 2.71. The zero-order valence-electron chi connectivity index (χ0n) is 2.40. The van der Waals surface area contributed by atoms with Gasteiger partial charge in [0.15, 0.2) is 0 Å². The molecule has 0 radical (unpaired) electrons. The maximum Gasteiger partial charge on any atom is 0 e. The number of hydrogen-bond donors (Lipinski definition) is 0. The van der Waals surface area contributed by atoms with Gasteiger partial charge in [-0.2, -0.15) is 0 Å². The van der Waals surface area contributed by atoms with E-state index in [4.69, 9.17) is 4.79 Å². The van der Waals surface area contributed by atoms with Crippen molar-refractivity contribution >= 4 is 6.29 Å². The number of aldehydes is 1. The average molecular weight is 310 g/mol. The van der Waals surface area contributed by atoms with E-state index in [1.54, 1.807) is 0 Å². The number of carbonyl (C=O) groups excluding carboxylic acids is 1. The summed E-state index contributed by atoms with van der Waals surface area (Å²) in [6.45, 7) is 2.81. The molecule has 0 atom stereocenters. The van der Waals surface area contributed by atoms with Crippen LogP contribution in [0, 0.1) is 6.92 Å². The topological polar surface area (TPSA) is 17.1 Å². The summed E-state index contributed by atoms with van der Waals surface area (Å²) in [6.07, 6.45) is 0.500. The van der Waals surface area contributed by atoms with Gasteiger partial charge in [0.25, 0.3) is 0 Å². The molecule has 0 amide bonds. The standard InChI is InChI=1S/C2H3O.Rf/c1-2-3;/h2H,1H2;/q-1;. The third kappa shape index (κ3) is 0.0536. The third-order valence-electron chi connectivity index (χ3n) is 0. The van der Waals surface area contributed by atoms with Gasteiger partial charge in [0.1, 0.15) is 0 Å². The predicted octanol–water partition coefficient (Wildman–Crippen LogP) is 0.0194. The van der Waals surface area contributed by atoms with Crippen molar-refractivity contribution in [3.63, 3.8) is 0 Å². The average Bonchev–Trinajstić information content (AvgIpc) is 0.918. The molecule has 0 heterocycles.